The zero-order chi connectivity index (χ0) is 11.5. The highest BCUT2D eigenvalue weighted by Crippen LogP contribution is 2.15. The average Bonchev–Trinajstić information content (AvgIpc) is 2.30. The van der Waals surface area contributed by atoms with Crippen LogP contribution in [0.15, 0.2) is 18.3 Å². The molecule has 1 saturated heterocycles. The molecule has 1 atom stereocenters. The van der Waals surface area contributed by atoms with Gasteiger partial charge in [0.1, 0.15) is 5.82 Å². The molecule has 16 heavy (non-hydrogen) atoms. The first kappa shape index (κ1) is 11.4. The third-order valence-corrected chi connectivity index (χ3v) is 3.23. The minimum absolute atomic E-state index is 0.580. The third-order valence-electron chi connectivity index (χ3n) is 3.23. The molecule has 0 spiro atoms. The van der Waals surface area contributed by atoms with Gasteiger partial charge in [0.2, 0.25) is 0 Å². The quantitative estimate of drug-likeness (QED) is 0.822. The van der Waals surface area contributed by atoms with E-state index in [0.717, 1.165) is 25.5 Å². The summed E-state index contributed by atoms with van der Waals surface area (Å²) in [4.78, 5) is 6.87. The second-order valence-corrected chi connectivity index (χ2v) is 4.94. The Bertz CT molecular complexity index is 332. The van der Waals surface area contributed by atoms with Crippen LogP contribution in [-0.2, 0) is 0 Å². The fourth-order valence-electron chi connectivity index (χ4n) is 2.08. The summed E-state index contributed by atoms with van der Waals surface area (Å²) in [6.07, 6.45) is 1.95. The Morgan fingerprint density at radius 2 is 2.25 bits per heavy atom. The SMILES string of the molecule is Cc1ccc(N2CCNC(C(C)C)C2)nc1. The minimum atomic E-state index is 0.580. The molecule has 1 N–H and O–H groups in total. The number of nitrogens with one attached hydrogen (secondary N) is 1. The maximum Gasteiger partial charge on any atom is 0.128 e. The van der Waals surface area contributed by atoms with E-state index in [4.69, 9.17) is 0 Å². The van der Waals surface area contributed by atoms with Gasteiger partial charge in [0, 0.05) is 31.9 Å². The molecular formula is C13H21N3. The highest BCUT2D eigenvalue weighted by atomic mass is 15.2. The molecule has 1 fully saturated rings. The molecule has 0 aromatic carbocycles. The molecule has 1 aromatic heterocycles. The monoisotopic (exact) mass is 219 g/mol. The molecule has 0 radical (unpaired) electrons. The van der Waals surface area contributed by atoms with Crippen molar-refractivity contribution in [2.24, 2.45) is 5.92 Å². The van der Waals surface area contributed by atoms with Crippen molar-refractivity contribution in [3.8, 4) is 0 Å². The predicted octanol–water partition coefficient (Wildman–Crippen LogP) is 1.82. The molecule has 0 aliphatic carbocycles. The molecule has 1 aliphatic heterocycles. The Hall–Kier alpha value is -1.09. The van der Waals surface area contributed by atoms with E-state index in [1.807, 2.05) is 6.20 Å². The normalized spacial score (nSPS) is 21.5. The largest absolute Gasteiger partial charge is 0.354 e. The maximum atomic E-state index is 4.49. The van der Waals surface area contributed by atoms with Crippen LogP contribution in [0.1, 0.15) is 19.4 Å². The number of piperazine rings is 1. The second kappa shape index (κ2) is 4.83. The van der Waals surface area contributed by atoms with Gasteiger partial charge in [-0.1, -0.05) is 19.9 Å². The van der Waals surface area contributed by atoms with E-state index in [2.05, 4.69) is 48.1 Å². The molecule has 0 saturated carbocycles. The van der Waals surface area contributed by atoms with Crippen molar-refractivity contribution >= 4 is 5.82 Å². The van der Waals surface area contributed by atoms with Gasteiger partial charge in [-0.25, -0.2) is 4.98 Å². The first-order chi connectivity index (χ1) is 7.66. The molecule has 1 aliphatic rings. The number of nitrogens with zero attached hydrogens (tertiary/aromatic N) is 2. The molecule has 1 aromatic rings. The molecule has 0 amide bonds. The fourth-order valence-corrected chi connectivity index (χ4v) is 2.08. The van der Waals surface area contributed by atoms with Gasteiger partial charge in [-0.3, -0.25) is 0 Å². The zero-order valence-corrected chi connectivity index (χ0v) is 10.4. The van der Waals surface area contributed by atoms with Gasteiger partial charge in [0.25, 0.3) is 0 Å². The summed E-state index contributed by atoms with van der Waals surface area (Å²) in [6.45, 7) is 9.78. The third kappa shape index (κ3) is 2.53. The Kier molecular flexibility index (Phi) is 3.44. The van der Waals surface area contributed by atoms with Crippen LogP contribution in [-0.4, -0.2) is 30.7 Å². The smallest absolute Gasteiger partial charge is 0.128 e. The molecule has 88 valence electrons. The number of aryl methyl sites for hydroxylation is 1. The van der Waals surface area contributed by atoms with E-state index in [0.29, 0.717) is 12.0 Å². The highest BCUT2D eigenvalue weighted by Gasteiger charge is 2.22. The molecule has 2 rings (SSSR count). The summed E-state index contributed by atoms with van der Waals surface area (Å²) < 4.78 is 0. The predicted molar refractivity (Wildman–Crippen MR) is 67.8 cm³/mol. The minimum Gasteiger partial charge on any atom is -0.354 e. The van der Waals surface area contributed by atoms with E-state index >= 15 is 0 Å². The van der Waals surface area contributed by atoms with Crippen LogP contribution in [0, 0.1) is 12.8 Å². The summed E-state index contributed by atoms with van der Waals surface area (Å²) in [5.74, 6) is 1.78. The van der Waals surface area contributed by atoms with E-state index in [1.54, 1.807) is 0 Å². The number of rotatable bonds is 2. The fraction of sp³-hybridized carbons (Fsp3) is 0.615. The van der Waals surface area contributed by atoms with Crippen molar-refractivity contribution in [1.82, 2.24) is 10.3 Å². The van der Waals surface area contributed by atoms with Gasteiger partial charge in [-0.2, -0.15) is 0 Å². The van der Waals surface area contributed by atoms with Crippen LogP contribution in [0.5, 0.6) is 0 Å². The summed E-state index contributed by atoms with van der Waals surface area (Å²) in [5, 5.41) is 3.56. The highest BCUT2D eigenvalue weighted by molar-refractivity contribution is 5.40. The first-order valence-electron chi connectivity index (χ1n) is 6.08. The Balaban J connectivity index is 2.06. The van der Waals surface area contributed by atoms with Crippen molar-refractivity contribution in [2.75, 3.05) is 24.5 Å². The van der Waals surface area contributed by atoms with Crippen LogP contribution in [0.4, 0.5) is 5.82 Å². The summed E-state index contributed by atoms with van der Waals surface area (Å²) in [5.41, 5.74) is 1.22. The van der Waals surface area contributed by atoms with Crippen LogP contribution < -0.4 is 10.2 Å². The van der Waals surface area contributed by atoms with E-state index < -0.39 is 0 Å². The lowest BCUT2D eigenvalue weighted by Crippen LogP contribution is -2.53. The lowest BCUT2D eigenvalue weighted by molar-refractivity contribution is 0.367. The van der Waals surface area contributed by atoms with E-state index in [1.165, 1.54) is 5.56 Å². The van der Waals surface area contributed by atoms with Gasteiger partial charge in [0.05, 0.1) is 0 Å². The van der Waals surface area contributed by atoms with Gasteiger partial charge in [0.15, 0.2) is 0 Å². The molecule has 2 heterocycles. The van der Waals surface area contributed by atoms with Gasteiger partial charge < -0.3 is 10.2 Å². The molecule has 0 bridgehead atoms. The zero-order valence-electron chi connectivity index (χ0n) is 10.4. The van der Waals surface area contributed by atoms with Crippen molar-refractivity contribution in [3.05, 3.63) is 23.9 Å². The summed E-state index contributed by atoms with van der Waals surface area (Å²) in [6, 6.07) is 4.84. The van der Waals surface area contributed by atoms with Crippen molar-refractivity contribution in [1.29, 1.82) is 0 Å². The van der Waals surface area contributed by atoms with Crippen LogP contribution in [0.3, 0.4) is 0 Å². The molecule has 1 unspecified atom stereocenters. The second-order valence-electron chi connectivity index (χ2n) is 4.94. The number of pyridine rings is 1. The van der Waals surface area contributed by atoms with Crippen molar-refractivity contribution < 1.29 is 0 Å². The van der Waals surface area contributed by atoms with Crippen molar-refractivity contribution in [3.63, 3.8) is 0 Å². The topological polar surface area (TPSA) is 28.2 Å². The van der Waals surface area contributed by atoms with Gasteiger partial charge >= 0.3 is 0 Å². The Morgan fingerprint density at radius 3 is 2.88 bits per heavy atom. The lowest BCUT2D eigenvalue weighted by Gasteiger charge is -2.36. The molecular weight excluding hydrogens is 198 g/mol. The first-order valence-corrected chi connectivity index (χ1v) is 6.08. The van der Waals surface area contributed by atoms with Crippen LogP contribution in [0.2, 0.25) is 0 Å². The standard InChI is InChI=1S/C13H21N3/c1-10(2)12-9-16(7-6-14-12)13-5-4-11(3)8-15-13/h4-5,8,10,12,14H,6-7,9H2,1-3H3. The van der Waals surface area contributed by atoms with Crippen molar-refractivity contribution in [2.45, 2.75) is 26.8 Å². The number of aromatic nitrogens is 1. The Morgan fingerprint density at radius 1 is 1.44 bits per heavy atom. The van der Waals surface area contributed by atoms with Gasteiger partial charge in [-0.15, -0.1) is 0 Å². The van der Waals surface area contributed by atoms with E-state index in [-0.39, 0.29) is 0 Å². The average molecular weight is 219 g/mol. The van der Waals surface area contributed by atoms with Crippen LogP contribution in [0.25, 0.3) is 0 Å². The molecule has 3 heteroatoms. The maximum absolute atomic E-state index is 4.49. The number of hydrogen-bond acceptors (Lipinski definition) is 3. The van der Waals surface area contributed by atoms with Crippen LogP contribution >= 0.6 is 0 Å². The summed E-state index contributed by atoms with van der Waals surface area (Å²) >= 11 is 0. The summed E-state index contributed by atoms with van der Waals surface area (Å²) in [7, 11) is 0. The lowest BCUT2D eigenvalue weighted by atomic mass is 10.0. The molecule has 3 nitrogen and oxygen atoms in total. The number of hydrogen-bond donors (Lipinski definition) is 1. The Labute approximate surface area is 97.9 Å². The number of anilines is 1. The van der Waals surface area contributed by atoms with Gasteiger partial charge in [-0.05, 0) is 24.5 Å². The van der Waals surface area contributed by atoms with E-state index in [9.17, 15) is 0 Å².